The van der Waals surface area contributed by atoms with E-state index in [0.29, 0.717) is 10.8 Å². The van der Waals surface area contributed by atoms with Crippen LogP contribution in [-0.2, 0) is 4.79 Å². The third-order valence-corrected chi connectivity index (χ3v) is 5.01. The number of nitrogens with zero attached hydrogens (tertiary/aromatic N) is 2. The van der Waals surface area contributed by atoms with Crippen molar-refractivity contribution in [1.82, 2.24) is 4.90 Å². The molecule has 4 nitrogen and oxygen atoms in total. The first-order chi connectivity index (χ1) is 10.7. The molecule has 1 atom stereocenters. The Morgan fingerprint density at radius 1 is 1.41 bits per heavy atom. The lowest BCUT2D eigenvalue weighted by Gasteiger charge is -2.31. The number of amides is 1. The number of likely N-dealkylation sites (tertiary alicyclic amines) is 1. The van der Waals surface area contributed by atoms with Crippen molar-refractivity contribution in [3.8, 4) is 5.75 Å². The molecule has 0 unspecified atom stereocenters. The van der Waals surface area contributed by atoms with Crippen molar-refractivity contribution in [2.75, 3.05) is 20.2 Å². The quantitative estimate of drug-likeness (QED) is 0.784. The van der Waals surface area contributed by atoms with Crippen molar-refractivity contribution in [3.63, 3.8) is 0 Å². The first-order valence-corrected chi connectivity index (χ1v) is 8.39. The van der Waals surface area contributed by atoms with E-state index < -0.39 is 0 Å². The average Bonchev–Trinajstić information content (AvgIpc) is 2.89. The van der Waals surface area contributed by atoms with E-state index in [0.717, 1.165) is 29.6 Å². The molecule has 22 heavy (non-hydrogen) atoms. The number of benzene rings is 1. The second-order valence-corrected chi connectivity index (χ2v) is 6.75. The van der Waals surface area contributed by atoms with Crippen LogP contribution in [-0.4, -0.2) is 36.2 Å². The maximum absolute atomic E-state index is 12.2. The summed E-state index contributed by atoms with van der Waals surface area (Å²) in [7, 11) is 1.64. The van der Waals surface area contributed by atoms with Crippen LogP contribution in [0.2, 0.25) is 0 Å². The lowest BCUT2D eigenvalue weighted by molar-refractivity contribution is -0.113. The summed E-state index contributed by atoms with van der Waals surface area (Å²) in [5.41, 5.74) is 0.907. The molecule has 0 bridgehead atoms. The smallest absolute Gasteiger partial charge is 0.286 e. The van der Waals surface area contributed by atoms with Gasteiger partial charge in [-0.15, -0.1) is 0 Å². The molecule has 5 heteroatoms. The average molecular weight is 316 g/mol. The minimum absolute atomic E-state index is 0.149. The lowest BCUT2D eigenvalue weighted by atomic mass is 10.0. The molecule has 0 spiro atoms. The van der Waals surface area contributed by atoms with Crippen LogP contribution >= 0.6 is 11.8 Å². The first-order valence-electron chi connectivity index (χ1n) is 7.58. The zero-order valence-corrected chi connectivity index (χ0v) is 13.7. The standard InChI is InChI=1S/C17H20N2O2S/c1-12-6-5-9-19(11-12)17-18-16(20)15(22-17)10-13-7-3-4-8-14(13)21-2/h3-4,7-8,10,12H,5-6,9,11H2,1-2H3/t12-/m1/s1. The van der Waals surface area contributed by atoms with Crippen LogP contribution in [0.15, 0.2) is 34.2 Å². The number of carbonyl (C=O) groups excluding carboxylic acids is 1. The fraction of sp³-hybridized carbons (Fsp3) is 0.412. The van der Waals surface area contributed by atoms with Crippen LogP contribution in [0, 0.1) is 5.92 Å². The third-order valence-electron chi connectivity index (χ3n) is 3.96. The maximum atomic E-state index is 12.2. The number of hydrogen-bond acceptors (Lipinski definition) is 4. The van der Waals surface area contributed by atoms with E-state index in [4.69, 9.17) is 4.74 Å². The number of thioether (sulfide) groups is 1. The van der Waals surface area contributed by atoms with Crippen molar-refractivity contribution >= 4 is 28.9 Å². The Hall–Kier alpha value is -1.75. The SMILES string of the molecule is COc1ccccc1C=C1SC(N2CCC[C@@H](C)C2)=NC1=O. The highest BCUT2D eigenvalue weighted by molar-refractivity contribution is 8.18. The van der Waals surface area contributed by atoms with Crippen molar-refractivity contribution < 1.29 is 9.53 Å². The molecular weight excluding hydrogens is 296 g/mol. The number of ether oxygens (including phenoxy) is 1. The molecule has 1 aromatic carbocycles. The van der Waals surface area contributed by atoms with Crippen molar-refractivity contribution in [2.45, 2.75) is 19.8 Å². The second kappa shape index (κ2) is 6.57. The highest BCUT2D eigenvalue weighted by Gasteiger charge is 2.28. The fourth-order valence-electron chi connectivity index (χ4n) is 2.82. The van der Waals surface area contributed by atoms with Gasteiger partial charge in [0.15, 0.2) is 5.17 Å². The topological polar surface area (TPSA) is 41.9 Å². The normalized spacial score (nSPS) is 23.8. The Kier molecular flexibility index (Phi) is 4.52. The zero-order valence-electron chi connectivity index (χ0n) is 12.9. The van der Waals surface area contributed by atoms with Gasteiger partial charge < -0.3 is 9.64 Å². The predicted octanol–water partition coefficient (Wildman–Crippen LogP) is 3.40. The number of amidine groups is 1. The summed E-state index contributed by atoms with van der Waals surface area (Å²) < 4.78 is 5.34. The monoisotopic (exact) mass is 316 g/mol. The van der Waals surface area contributed by atoms with E-state index in [1.165, 1.54) is 24.6 Å². The molecule has 0 radical (unpaired) electrons. The number of rotatable bonds is 2. The van der Waals surface area contributed by atoms with Gasteiger partial charge in [0.2, 0.25) is 0 Å². The maximum Gasteiger partial charge on any atom is 0.286 e. The van der Waals surface area contributed by atoms with Crippen molar-refractivity contribution in [3.05, 3.63) is 34.7 Å². The molecule has 1 fully saturated rings. The Morgan fingerprint density at radius 3 is 3.00 bits per heavy atom. The highest BCUT2D eigenvalue weighted by atomic mass is 32.2. The van der Waals surface area contributed by atoms with Crippen LogP contribution < -0.4 is 4.74 Å². The number of aliphatic imine (C=N–C) groups is 1. The number of para-hydroxylation sites is 1. The molecule has 116 valence electrons. The molecule has 0 saturated carbocycles. The summed E-state index contributed by atoms with van der Waals surface area (Å²) in [6, 6.07) is 7.69. The van der Waals surface area contributed by atoms with Gasteiger partial charge >= 0.3 is 0 Å². The molecular formula is C17H20N2O2S. The van der Waals surface area contributed by atoms with Crippen molar-refractivity contribution in [2.24, 2.45) is 10.9 Å². The second-order valence-electron chi connectivity index (χ2n) is 5.75. The highest BCUT2D eigenvalue weighted by Crippen LogP contribution is 2.33. The summed E-state index contributed by atoms with van der Waals surface area (Å²) in [4.78, 5) is 19.3. The minimum atomic E-state index is -0.149. The summed E-state index contributed by atoms with van der Waals surface area (Å²) in [5.74, 6) is 1.28. The van der Waals surface area contributed by atoms with Gasteiger partial charge in [-0.25, -0.2) is 0 Å². The first kappa shape index (κ1) is 15.2. The molecule has 1 amide bonds. The summed E-state index contributed by atoms with van der Waals surface area (Å²) in [6.07, 6.45) is 4.29. The molecule has 2 aliphatic heterocycles. The van der Waals surface area contributed by atoms with Crippen LogP contribution in [0.5, 0.6) is 5.75 Å². The molecule has 0 aromatic heterocycles. The van der Waals surface area contributed by atoms with Crippen LogP contribution in [0.1, 0.15) is 25.3 Å². The van der Waals surface area contributed by atoms with Gasteiger partial charge in [-0.1, -0.05) is 25.1 Å². The Labute approximate surface area is 135 Å². The van der Waals surface area contributed by atoms with E-state index in [9.17, 15) is 4.79 Å². The van der Waals surface area contributed by atoms with Crippen LogP contribution in [0.4, 0.5) is 0 Å². The summed E-state index contributed by atoms with van der Waals surface area (Å²) in [5, 5.41) is 0.845. The molecule has 0 N–H and O–H groups in total. The van der Waals surface area contributed by atoms with Gasteiger partial charge in [0.05, 0.1) is 12.0 Å². The van der Waals surface area contributed by atoms with E-state index in [1.807, 2.05) is 30.3 Å². The van der Waals surface area contributed by atoms with Crippen molar-refractivity contribution in [1.29, 1.82) is 0 Å². The Bertz CT molecular complexity index is 639. The molecule has 1 aromatic rings. The molecule has 2 aliphatic rings. The molecule has 2 heterocycles. The van der Waals surface area contributed by atoms with Gasteiger partial charge in [-0.3, -0.25) is 4.79 Å². The summed E-state index contributed by atoms with van der Waals surface area (Å²) in [6.45, 7) is 4.23. The van der Waals surface area contributed by atoms with E-state index in [2.05, 4.69) is 16.8 Å². The number of hydrogen-bond donors (Lipinski definition) is 0. The van der Waals surface area contributed by atoms with Crippen LogP contribution in [0.25, 0.3) is 6.08 Å². The van der Waals surface area contributed by atoms with Gasteiger partial charge in [0, 0.05) is 18.7 Å². The van der Waals surface area contributed by atoms with E-state index in [1.54, 1.807) is 7.11 Å². The Morgan fingerprint density at radius 2 is 2.23 bits per heavy atom. The van der Waals surface area contributed by atoms with Gasteiger partial charge in [-0.05, 0) is 42.7 Å². The Balaban J connectivity index is 1.78. The number of carbonyl (C=O) groups is 1. The molecule has 0 aliphatic carbocycles. The lowest BCUT2D eigenvalue weighted by Crippen LogP contribution is -2.37. The van der Waals surface area contributed by atoms with Gasteiger partial charge in [0.1, 0.15) is 5.75 Å². The summed E-state index contributed by atoms with van der Waals surface area (Å²) >= 11 is 1.47. The predicted molar refractivity (Wildman–Crippen MR) is 91.0 cm³/mol. The van der Waals surface area contributed by atoms with Gasteiger partial charge in [-0.2, -0.15) is 4.99 Å². The van der Waals surface area contributed by atoms with E-state index >= 15 is 0 Å². The van der Waals surface area contributed by atoms with Gasteiger partial charge in [0.25, 0.3) is 5.91 Å². The van der Waals surface area contributed by atoms with Crippen LogP contribution in [0.3, 0.4) is 0 Å². The molecule has 3 rings (SSSR count). The van der Waals surface area contributed by atoms with E-state index in [-0.39, 0.29) is 5.91 Å². The fourth-order valence-corrected chi connectivity index (χ4v) is 3.76. The number of methoxy groups -OCH3 is 1. The third kappa shape index (κ3) is 3.19. The minimum Gasteiger partial charge on any atom is -0.496 e. The largest absolute Gasteiger partial charge is 0.496 e. The number of piperidine rings is 1. The molecule has 1 saturated heterocycles. The zero-order chi connectivity index (χ0) is 15.5.